The van der Waals surface area contributed by atoms with E-state index >= 15 is 0 Å². The lowest BCUT2D eigenvalue weighted by Gasteiger charge is -2.61. The van der Waals surface area contributed by atoms with Crippen LogP contribution in [0.3, 0.4) is 0 Å². The summed E-state index contributed by atoms with van der Waals surface area (Å²) in [6.07, 6.45) is 51.6. The molecule has 60 heavy (non-hydrogen) atoms. The fraction of sp³-hybridized carbons (Fsp3) is 0.929. The van der Waals surface area contributed by atoms with Crippen LogP contribution in [-0.4, -0.2) is 24.6 Å². The highest BCUT2D eigenvalue weighted by Gasteiger charge is 2.60. The lowest BCUT2D eigenvalue weighted by Crippen LogP contribution is -2.54. The Hall–Kier alpha value is -1.32. The molecular weight excluding hydrogens is 737 g/mol. The van der Waals surface area contributed by atoms with Crippen LogP contribution in [0, 0.1) is 46.3 Å². The summed E-state index contributed by atoms with van der Waals surface area (Å²) in [5, 5.41) is 0. The van der Waals surface area contributed by atoms with E-state index in [1.807, 2.05) is 0 Å². The summed E-state index contributed by atoms with van der Waals surface area (Å²) in [4.78, 5) is 25.6. The summed E-state index contributed by atoms with van der Waals surface area (Å²) < 4.78 is 11.8. The zero-order valence-electron chi connectivity index (χ0n) is 40.7. The van der Waals surface area contributed by atoms with E-state index in [-0.39, 0.29) is 18.0 Å². The van der Waals surface area contributed by atoms with Crippen LogP contribution in [0.15, 0.2) is 12.2 Å². The second-order valence-electron chi connectivity index (χ2n) is 21.8. The van der Waals surface area contributed by atoms with Crippen molar-refractivity contribution >= 4 is 11.9 Å². The van der Waals surface area contributed by atoms with Crippen molar-refractivity contribution < 1.29 is 19.1 Å². The van der Waals surface area contributed by atoms with Crippen LogP contribution in [0.4, 0.5) is 0 Å². The van der Waals surface area contributed by atoms with Crippen LogP contribution >= 0.6 is 0 Å². The van der Waals surface area contributed by atoms with Crippen LogP contribution in [0.2, 0.25) is 0 Å². The summed E-state index contributed by atoms with van der Waals surface area (Å²) in [6, 6.07) is 0. The second kappa shape index (κ2) is 29.2. The molecule has 0 radical (unpaired) electrons. The van der Waals surface area contributed by atoms with Crippen molar-refractivity contribution in [2.45, 2.75) is 278 Å². The molecule has 4 aliphatic rings. The maximum atomic E-state index is 12.8. The predicted octanol–water partition coefficient (Wildman–Crippen LogP) is 17.3. The van der Waals surface area contributed by atoms with Crippen LogP contribution in [0.5, 0.6) is 0 Å². The van der Waals surface area contributed by atoms with Crippen molar-refractivity contribution in [3.05, 3.63) is 12.2 Å². The lowest BCUT2D eigenvalue weighted by atomic mass is 9.44. The number of hydrogen-bond acceptors (Lipinski definition) is 4. The van der Waals surface area contributed by atoms with Crippen LogP contribution in [-0.2, 0) is 19.1 Å². The molecule has 4 saturated carbocycles. The summed E-state index contributed by atoms with van der Waals surface area (Å²) >= 11 is 0. The third-order valence-corrected chi connectivity index (χ3v) is 17.5. The molecule has 0 amide bonds. The van der Waals surface area contributed by atoms with Gasteiger partial charge in [0.2, 0.25) is 0 Å². The van der Waals surface area contributed by atoms with Crippen LogP contribution in [0.25, 0.3) is 0 Å². The molecule has 0 heterocycles. The van der Waals surface area contributed by atoms with Gasteiger partial charge in [0, 0.05) is 12.5 Å². The van der Waals surface area contributed by atoms with Gasteiger partial charge in [0.1, 0.15) is 6.10 Å². The molecule has 4 rings (SSSR count). The Morgan fingerprint density at radius 1 is 0.600 bits per heavy atom. The molecule has 0 saturated heterocycles. The van der Waals surface area contributed by atoms with E-state index in [9.17, 15) is 9.59 Å². The molecule has 0 aromatic rings. The summed E-state index contributed by atoms with van der Waals surface area (Å²) in [5.74, 6) is 4.39. The van der Waals surface area contributed by atoms with Crippen LogP contribution in [0.1, 0.15) is 272 Å². The number of ether oxygens (including phenoxy) is 2. The number of fused-ring (bicyclic) bond motifs is 5. The first-order valence-corrected chi connectivity index (χ1v) is 27.3. The molecule has 348 valence electrons. The molecular formula is C56H100O4. The molecule has 9 atom stereocenters. The van der Waals surface area contributed by atoms with Gasteiger partial charge in [-0.3, -0.25) is 4.79 Å². The molecule has 0 aliphatic heterocycles. The van der Waals surface area contributed by atoms with E-state index < -0.39 is 0 Å². The molecule has 0 N–H and O–H groups in total. The fourth-order valence-corrected chi connectivity index (χ4v) is 13.7. The van der Waals surface area contributed by atoms with Crippen molar-refractivity contribution in [2.24, 2.45) is 46.3 Å². The standard InChI is InChI=1S/C56H100O4/c1-6-8-10-12-14-16-18-20-21-22-23-25-27-29-31-33-54(58)60-48-40-42-55(4)47(45-48)35-36-49-51-38-37-50(56(51,5)43-41-52(49)55)46(3)34-39-53(57)59-44-32-30-28-26-24-19-17-15-13-11-9-7-2/h31,33,46-52H,6-30,32,34-45H2,1-5H3/t46-,47-,48?,49+,50-,51+,52+,55+,56-/m1/s1. The van der Waals surface area contributed by atoms with Crippen molar-refractivity contribution in [3.8, 4) is 0 Å². The lowest BCUT2D eigenvalue weighted by molar-refractivity contribution is -0.158. The molecule has 4 nitrogen and oxygen atoms in total. The first-order chi connectivity index (χ1) is 29.2. The number of hydrogen-bond donors (Lipinski definition) is 0. The maximum Gasteiger partial charge on any atom is 0.330 e. The highest BCUT2D eigenvalue weighted by molar-refractivity contribution is 5.82. The van der Waals surface area contributed by atoms with E-state index in [0.717, 1.165) is 55.8 Å². The Kier molecular flexibility index (Phi) is 25.0. The third kappa shape index (κ3) is 17.0. The fourth-order valence-electron chi connectivity index (χ4n) is 13.7. The molecule has 0 spiro atoms. The van der Waals surface area contributed by atoms with Crippen molar-refractivity contribution in [2.75, 3.05) is 6.61 Å². The third-order valence-electron chi connectivity index (χ3n) is 17.5. The van der Waals surface area contributed by atoms with Gasteiger partial charge in [0.25, 0.3) is 0 Å². The van der Waals surface area contributed by atoms with E-state index in [4.69, 9.17) is 9.47 Å². The molecule has 0 bridgehead atoms. The topological polar surface area (TPSA) is 52.6 Å². The second-order valence-corrected chi connectivity index (χ2v) is 21.8. The largest absolute Gasteiger partial charge is 0.466 e. The van der Waals surface area contributed by atoms with E-state index in [2.05, 4.69) is 40.7 Å². The van der Waals surface area contributed by atoms with Gasteiger partial charge < -0.3 is 9.47 Å². The minimum atomic E-state index is -0.112. The normalized spacial score (nSPS) is 29.2. The Labute approximate surface area is 373 Å². The zero-order valence-corrected chi connectivity index (χ0v) is 40.7. The number of carbonyl (C=O) groups excluding carboxylic acids is 2. The minimum Gasteiger partial charge on any atom is -0.466 e. The molecule has 1 unspecified atom stereocenters. The van der Waals surface area contributed by atoms with Gasteiger partial charge in [-0.15, -0.1) is 0 Å². The van der Waals surface area contributed by atoms with Crippen molar-refractivity contribution in [3.63, 3.8) is 0 Å². The Morgan fingerprint density at radius 3 is 1.70 bits per heavy atom. The Bertz CT molecular complexity index is 1180. The molecule has 0 aromatic carbocycles. The summed E-state index contributed by atoms with van der Waals surface area (Å²) in [5.41, 5.74) is 0.799. The average molecular weight is 837 g/mol. The van der Waals surface area contributed by atoms with Gasteiger partial charge in [-0.25, -0.2) is 4.79 Å². The van der Waals surface area contributed by atoms with Crippen molar-refractivity contribution in [1.82, 2.24) is 0 Å². The first-order valence-electron chi connectivity index (χ1n) is 27.3. The zero-order chi connectivity index (χ0) is 42.9. The first kappa shape index (κ1) is 51.3. The van der Waals surface area contributed by atoms with Gasteiger partial charge >= 0.3 is 11.9 Å². The van der Waals surface area contributed by atoms with Crippen LogP contribution < -0.4 is 0 Å². The monoisotopic (exact) mass is 837 g/mol. The predicted molar refractivity (Wildman–Crippen MR) is 255 cm³/mol. The van der Waals surface area contributed by atoms with Gasteiger partial charge in [-0.05, 0) is 130 Å². The van der Waals surface area contributed by atoms with Gasteiger partial charge in [-0.1, -0.05) is 188 Å². The van der Waals surface area contributed by atoms with E-state index in [0.29, 0.717) is 35.7 Å². The van der Waals surface area contributed by atoms with E-state index in [1.54, 1.807) is 6.08 Å². The van der Waals surface area contributed by atoms with Gasteiger partial charge in [0.05, 0.1) is 6.61 Å². The highest BCUT2D eigenvalue weighted by Crippen LogP contribution is 2.68. The Morgan fingerprint density at radius 2 is 1.12 bits per heavy atom. The molecule has 0 aromatic heterocycles. The SMILES string of the molecule is CCCCCCCCCCCCCCCC=CC(=O)OC1CC[C@@]2(C)[C@H](CC[C@@H]3[C@@H]2CC[C@]2(C)[C@@H]([C@H](C)CCC(=O)OCCCCCCCCCCCCCC)CC[C@@H]32)C1. The highest BCUT2D eigenvalue weighted by atomic mass is 16.5. The molecule has 4 fully saturated rings. The summed E-state index contributed by atoms with van der Waals surface area (Å²) in [6.45, 7) is 12.9. The quantitative estimate of drug-likeness (QED) is 0.0375. The van der Waals surface area contributed by atoms with E-state index in [1.165, 1.54) is 199 Å². The number of allylic oxidation sites excluding steroid dienone is 1. The molecule has 4 heteroatoms. The van der Waals surface area contributed by atoms with Crippen molar-refractivity contribution in [1.29, 1.82) is 0 Å². The average Bonchev–Trinajstić information content (AvgIpc) is 3.60. The Balaban J connectivity index is 1.05. The number of esters is 2. The summed E-state index contributed by atoms with van der Waals surface area (Å²) in [7, 11) is 0. The van der Waals surface area contributed by atoms with Gasteiger partial charge in [-0.2, -0.15) is 0 Å². The molecule has 4 aliphatic carbocycles. The number of carbonyl (C=O) groups is 2. The maximum absolute atomic E-state index is 12.8. The number of rotatable bonds is 33. The number of unbranched alkanes of at least 4 members (excludes halogenated alkanes) is 24. The van der Waals surface area contributed by atoms with Gasteiger partial charge in [0.15, 0.2) is 0 Å². The smallest absolute Gasteiger partial charge is 0.330 e. The minimum absolute atomic E-state index is 0.0295.